The standard InChI is InChI=1S/C13H21BrN2O/c1-9(17)8-16(4)13-6-5-11(7-12(13)14)10(2)15-3/h5-7,9-10,15,17H,8H2,1-4H3. The lowest BCUT2D eigenvalue weighted by Crippen LogP contribution is -2.27. The zero-order valence-electron chi connectivity index (χ0n) is 10.9. The molecule has 0 aliphatic rings. The van der Waals surface area contributed by atoms with Gasteiger partial charge in [0.1, 0.15) is 0 Å². The highest BCUT2D eigenvalue weighted by molar-refractivity contribution is 9.10. The molecule has 0 aromatic heterocycles. The maximum absolute atomic E-state index is 9.39. The molecule has 2 unspecified atom stereocenters. The Labute approximate surface area is 112 Å². The summed E-state index contributed by atoms with van der Waals surface area (Å²) in [4.78, 5) is 2.04. The number of nitrogens with one attached hydrogen (secondary N) is 1. The van der Waals surface area contributed by atoms with E-state index in [1.165, 1.54) is 5.56 Å². The van der Waals surface area contributed by atoms with Crippen LogP contribution in [0.15, 0.2) is 22.7 Å². The van der Waals surface area contributed by atoms with E-state index in [-0.39, 0.29) is 6.10 Å². The second-order valence-electron chi connectivity index (χ2n) is 4.45. The van der Waals surface area contributed by atoms with Crippen molar-refractivity contribution in [2.24, 2.45) is 0 Å². The van der Waals surface area contributed by atoms with Crippen molar-refractivity contribution in [2.75, 3.05) is 25.5 Å². The molecule has 1 aromatic carbocycles. The number of halogens is 1. The number of anilines is 1. The van der Waals surface area contributed by atoms with Crippen molar-refractivity contribution in [1.82, 2.24) is 5.32 Å². The van der Waals surface area contributed by atoms with E-state index < -0.39 is 0 Å². The Kier molecular flexibility index (Phi) is 5.43. The van der Waals surface area contributed by atoms with Crippen molar-refractivity contribution in [3.63, 3.8) is 0 Å². The number of likely N-dealkylation sites (N-methyl/N-ethyl adjacent to an activating group) is 1. The molecule has 96 valence electrons. The van der Waals surface area contributed by atoms with Gasteiger partial charge in [0.15, 0.2) is 0 Å². The van der Waals surface area contributed by atoms with Gasteiger partial charge in [0.25, 0.3) is 0 Å². The van der Waals surface area contributed by atoms with Gasteiger partial charge in [-0.3, -0.25) is 0 Å². The first kappa shape index (κ1) is 14.5. The third-order valence-electron chi connectivity index (χ3n) is 2.85. The molecule has 2 N–H and O–H groups in total. The zero-order chi connectivity index (χ0) is 13.0. The van der Waals surface area contributed by atoms with E-state index >= 15 is 0 Å². The summed E-state index contributed by atoms with van der Waals surface area (Å²) in [5.74, 6) is 0. The highest BCUT2D eigenvalue weighted by atomic mass is 79.9. The van der Waals surface area contributed by atoms with Gasteiger partial charge in [-0.1, -0.05) is 6.07 Å². The molecule has 0 amide bonds. The molecule has 0 bridgehead atoms. The van der Waals surface area contributed by atoms with Crippen LogP contribution in [0.4, 0.5) is 5.69 Å². The fraction of sp³-hybridized carbons (Fsp3) is 0.538. The Morgan fingerprint density at radius 1 is 1.41 bits per heavy atom. The van der Waals surface area contributed by atoms with Crippen LogP contribution < -0.4 is 10.2 Å². The normalized spacial score (nSPS) is 14.5. The largest absolute Gasteiger partial charge is 0.392 e. The lowest BCUT2D eigenvalue weighted by Gasteiger charge is -2.23. The van der Waals surface area contributed by atoms with Crippen molar-refractivity contribution in [2.45, 2.75) is 26.0 Å². The van der Waals surface area contributed by atoms with Crippen molar-refractivity contribution >= 4 is 21.6 Å². The van der Waals surface area contributed by atoms with E-state index in [1.54, 1.807) is 6.92 Å². The van der Waals surface area contributed by atoms with Crippen LogP contribution in [0.5, 0.6) is 0 Å². The van der Waals surface area contributed by atoms with Gasteiger partial charge in [0.05, 0.1) is 11.8 Å². The van der Waals surface area contributed by atoms with Crippen LogP contribution >= 0.6 is 15.9 Å². The molecule has 0 spiro atoms. The Morgan fingerprint density at radius 3 is 2.53 bits per heavy atom. The van der Waals surface area contributed by atoms with Gasteiger partial charge >= 0.3 is 0 Å². The highest BCUT2D eigenvalue weighted by Crippen LogP contribution is 2.28. The van der Waals surface area contributed by atoms with Crippen molar-refractivity contribution < 1.29 is 5.11 Å². The van der Waals surface area contributed by atoms with E-state index in [0.29, 0.717) is 12.6 Å². The second-order valence-corrected chi connectivity index (χ2v) is 5.31. The highest BCUT2D eigenvalue weighted by Gasteiger charge is 2.10. The zero-order valence-corrected chi connectivity index (χ0v) is 12.5. The van der Waals surface area contributed by atoms with Gasteiger partial charge in [0, 0.05) is 24.1 Å². The lowest BCUT2D eigenvalue weighted by molar-refractivity contribution is 0.201. The summed E-state index contributed by atoms with van der Waals surface area (Å²) in [6, 6.07) is 6.65. The molecule has 0 aliphatic carbocycles. The molecule has 1 aromatic rings. The van der Waals surface area contributed by atoms with E-state index in [4.69, 9.17) is 0 Å². The third-order valence-corrected chi connectivity index (χ3v) is 3.49. The second kappa shape index (κ2) is 6.38. The van der Waals surface area contributed by atoms with Gasteiger partial charge in [0.2, 0.25) is 0 Å². The molecule has 17 heavy (non-hydrogen) atoms. The molecule has 0 saturated carbocycles. The molecule has 0 radical (unpaired) electrons. The maximum Gasteiger partial charge on any atom is 0.0686 e. The minimum absolute atomic E-state index is 0.331. The first-order chi connectivity index (χ1) is 7.95. The quantitative estimate of drug-likeness (QED) is 0.877. The number of rotatable bonds is 5. The summed E-state index contributed by atoms with van der Waals surface area (Å²) in [7, 11) is 3.93. The average molecular weight is 301 g/mol. The first-order valence-corrected chi connectivity index (χ1v) is 6.61. The molecule has 2 atom stereocenters. The topological polar surface area (TPSA) is 35.5 Å². The Bertz CT molecular complexity index is 368. The van der Waals surface area contributed by atoms with Gasteiger partial charge in [-0.15, -0.1) is 0 Å². The Hall–Kier alpha value is -0.580. The van der Waals surface area contributed by atoms with Gasteiger partial charge < -0.3 is 15.3 Å². The van der Waals surface area contributed by atoms with Crippen LogP contribution in [-0.4, -0.2) is 31.9 Å². The maximum atomic E-state index is 9.39. The monoisotopic (exact) mass is 300 g/mol. The van der Waals surface area contributed by atoms with Crippen LogP contribution in [-0.2, 0) is 0 Å². The van der Waals surface area contributed by atoms with E-state index in [1.807, 2.05) is 19.0 Å². The number of aliphatic hydroxyl groups is 1. The molecule has 0 saturated heterocycles. The minimum Gasteiger partial charge on any atom is -0.392 e. The average Bonchev–Trinajstić information content (AvgIpc) is 2.26. The van der Waals surface area contributed by atoms with Crippen LogP contribution in [0.25, 0.3) is 0 Å². The van der Waals surface area contributed by atoms with Crippen molar-refractivity contribution in [3.8, 4) is 0 Å². The molecule has 0 aliphatic heterocycles. The van der Waals surface area contributed by atoms with Crippen LogP contribution in [0.3, 0.4) is 0 Å². The molecule has 1 rings (SSSR count). The fourth-order valence-electron chi connectivity index (χ4n) is 1.76. The van der Waals surface area contributed by atoms with Crippen LogP contribution in [0.2, 0.25) is 0 Å². The lowest BCUT2D eigenvalue weighted by atomic mass is 10.1. The van der Waals surface area contributed by atoms with E-state index in [2.05, 4.69) is 46.4 Å². The number of benzene rings is 1. The predicted molar refractivity (Wildman–Crippen MR) is 76.6 cm³/mol. The third kappa shape index (κ3) is 3.98. The van der Waals surface area contributed by atoms with Crippen LogP contribution in [0.1, 0.15) is 25.5 Å². The smallest absolute Gasteiger partial charge is 0.0686 e. The summed E-state index contributed by atoms with van der Waals surface area (Å²) in [5, 5.41) is 12.6. The van der Waals surface area contributed by atoms with Crippen molar-refractivity contribution in [1.29, 1.82) is 0 Å². The van der Waals surface area contributed by atoms with E-state index in [9.17, 15) is 5.11 Å². The fourth-order valence-corrected chi connectivity index (χ4v) is 2.46. The number of hydrogen-bond donors (Lipinski definition) is 2. The summed E-state index contributed by atoms with van der Waals surface area (Å²) < 4.78 is 1.06. The summed E-state index contributed by atoms with van der Waals surface area (Å²) in [5.41, 5.74) is 2.34. The SMILES string of the molecule is CNC(C)c1ccc(N(C)CC(C)O)c(Br)c1. The van der Waals surface area contributed by atoms with Gasteiger partial charge in [-0.2, -0.15) is 0 Å². The Morgan fingerprint density at radius 2 is 2.06 bits per heavy atom. The molecule has 3 nitrogen and oxygen atoms in total. The number of hydrogen-bond acceptors (Lipinski definition) is 3. The molecule has 4 heteroatoms. The van der Waals surface area contributed by atoms with Crippen molar-refractivity contribution in [3.05, 3.63) is 28.2 Å². The van der Waals surface area contributed by atoms with E-state index in [0.717, 1.165) is 10.2 Å². The molecular formula is C13H21BrN2O. The Balaban J connectivity index is 2.89. The minimum atomic E-state index is -0.331. The molecule has 0 heterocycles. The number of nitrogens with zero attached hydrogens (tertiary/aromatic N) is 1. The van der Waals surface area contributed by atoms with Crippen LogP contribution in [0, 0.1) is 0 Å². The summed E-state index contributed by atoms with van der Waals surface area (Å²) in [6.45, 7) is 4.54. The predicted octanol–water partition coefficient (Wildman–Crippen LogP) is 2.55. The summed E-state index contributed by atoms with van der Waals surface area (Å²) >= 11 is 3.58. The number of aliphatic hydroxyl groups excluding tert-OH is 1. The molecule has 0 fully saturated rings. The van der Waals surface area contributed by atoms with Gasteiger partial charge in [-0.25, -0.2) is 0 Å². The summed E-state index contributed by atoms with van der Waals surface area (Å²) in [6.07, 6.45) is -0.331. The van der Waals surface area contributed by atoms with Gasteiger partial charge in [-0.05, 0) is 54.5 Å². The first-order valence-electron chi connectivity index (χ1n) is 5.81. The molecular weight excluding hydrogens is 280 g/mol.